The fourth-order valence-corrected chi connectivity index (χ4v) is 1.70. The van der Waals surface area contributed by atoms with Gasteiger partial charge in [-0.15, -0.1) is 11.6 Å². The first-order valence-corrected chi connectivity index (χ1v) is 7.27. The molecule has 0 atom stereocenters. The molecule has 0 N–H and O–H groups in total. The highest BCUT2D eigenvalue weighted by Crippen LogP contribution is 2.24. The third kappa shape index (κ3) is 6.07. The van der Waals surface area contributed by atoms with Gasteiger partial charge in [0.15, 0.2) is 0 Å². The fourth-order valence-electron chi connectivity index (χ4n) is 1.54. The van der Waals surface area contributed by atoms with Gasteiger partial charge in [-0.1, -0.05) is 20.8 Å². The monoisotopic (exact) mass is 301 g/mol. The predicted molar refractivity (Wildman–Crippen MR) is 80.7 cm³/mol. The summed E-state index contributed by atoms with van der Waals surface area (Å²) in [7, 11) is 1.65. The molecule has 0 radical (unpaired) electrons. The Morgan fingerprint density at radius 2 is 1.80 bits per heavy atom. The summed E-state index contributed by atoms with van der Waals surface area (Å²) < 4.78 is 15.9. The van der Waals surface area contributed by atoms with Crippen LogP contribution in [-0.2, 0) is 20.8 Å². The van der Waals surface area contributed by atoms with E-state index in [4.69, 9.17) is 25.8 Å². The van der Waals surface area contributed by atoms with Crippen molar-refractivity contribution in [1.82, 2.24) is 4.98 Å². The second-order valence-electron chi connectivity index (χ2n) is 5.54. The van der Waals surface area contributed by atoms with E-state index < -0.39 is 0 Å². The zero-order valence-corrected chi connectivity index (χ0v) is 13.5. The molecule has 0 bridgehead atoms. The summed E-state index contributed by atoms with van der Waals surface area (Å²) in [4.78, 5) is 4.53. The molecule has 1 aromatic rings. The molecule has 0 aliphatic heterocycles. The van der Waals surface area contributed by atoms with E-state index in [9.17, 15) is 0 Å². The molecule has 0 aliphatic rings. The molecule has 0 aromatic carbocycles. The largest absolute Gasteiger partial charge is 0.475 e. The van der Waals surface area contributed by atoms with Crippen LogP contribution in [0.15, 0.2) is 12.1 Å². The first-order chi connectivity index (χ1) is 9.47. The van der Waals surface area contributed by atoms with Crippen molar-refractivity contribution in [3.05, 3.63) is 23.4 Å². The Hall–Kier alpha value is -0.840. The van der Waals surface area contributed by atoms with E-state index in [1.54, 1.807) is 7.11 Å². The number of aromatic nitrogens is 1. The zero-order chi connectivity index (χ0) is 15.0. The molecule has 0 spiro atoms. The summed E-state index contributed by atoms with van der Waals surface area (Å²) in [5.74, 6) is 1.05. The zero-order valence-electron chi connectivity index (χ0n) is 12.7. The lowest BCUT2D eigenvalue weighted by Crippen LogP contribution is -2.16. The minimum absolute atomic E-state index is 0.0326. The normalized spacial score (nSPS) is 11.7. The molecule has 0 aliphatic carbocycles. The Kier molecular flexibility index (Phi) is 7.27. The van der Waals surface area contributed by atoms with Gasteiger partial charge in [-0.05, 0) is 11.6 Å². The van der Waals surface area contributed by atoms with E-state index in [1.165, 1.54) is 0 Å². The molecule has 4 nitrogen and oxygen atoms in total. The summed E-state index contributed by atoms with van der Waals surface area (Å²) in [5.41, 5.74) is 1.96. The molecule has 0 saturated heterocycles. The summed E-state index contributed by atoms with van der Waals surface area (Å²) >= 11 is 5.92. The van der Waals surface area contributed by atoms with E-state index in [0.717, 1.165) is 11.3 Å². The Labute approximate surface area is 126 Å². The lowest BCUT2D eigenvalue weighted by atomic mass is 9.91. The van der Waals surface area contributed by atoms with Crippen LogP contribution in [0.5, 0.6) is 5.88 Å². The van der Waals surface area contributed by atoms with Gasteiger partial charge in [-0.3, -0.25) is 0 Å². The minimum Gasteiger partial charge on any atom is -0.475 e. The molecular weight excluding hydrogens is 278 g/mol. The first-order valence-electron chi connectivity index (χ1n) is 6.74. The van der Waals surface area contributed by atoms with Crippen molar-refractivity contribution in [3.8, 4) is 5.88 Å². The smallest absolute Gasteiger partial charge is 0.213 e. The number of methoxy groups -OCH3 is 1. The second kappa shape index (κ2) is 8.45. The summed E-state index contributed by atoms with van der Waals surface area (Å²) in [6, 6.07) is 3.90. The van der Waals surface area contributed by atoms with E-state index in [1.807, 2.05) is 12.1 Å². The van der Waals surface area contributed by atoms with Gasteiger partial charge in [0.25, 0.3) is 0 Å². The van der Waals surface area contributed by atoms with Crippen molar-refractivity contribution >= 4 is 11.6 Å². The average Bonchev–Trinajstić information content (AvgIpc) is 2.41. The van der Waals surface area contributed by atoms with Crippen molar-refractivity contribution < 1.29 is 14.2 Å². The van der Waals surface area contributed by atoms with E-state index in [0.29, 0.717) is 38.2 Å². The topological polar surface area (TPSA) is 40.6 Å². The van der Waals surface area contributed by atoms with Crippen LogP contribution < -0.4 is 4.74 Å². The molecule has 0 saturated carbocycles. The number of hydrogen-bond acceptors (Lipinski definition) is 4. The van der Waals surface area contributed by atoms with Crippen LogP contribution in [0.25, 0.3) is 0 Å². The fraction of sp³-hybridized carbons (Fsp3) is 0.667. The van der Waals surface area contributed by atoms with Crippen molar-refractivity contribution in [2.24, 2.45) is 0 Å². The molecule has 5 heteroatoms. The Morgan fingerprint density at radius 1 is 1.10 bits per heavy atom. The van der Waals surface area contributed by atoms with Gasteiger partial charge in [0.05, 0.1) is 25.5 Å². The van der Waals surface area contributed by atoms with Crippen LogP contribution in [-0.4, -0.2) is 38.5 Å². The van der Waals surface area contributed by atoms with Gasteiger partial charge in [-0.25, -0.2) is 4.98 Å². The van der Waals surface area contributed by atoms with Gasteiger partial charge in [0.1, 0.15) is 6.61 Å². The van der Waals surface area contributed by atoms with E-state index in [-0.39, 0.29) is 5.41 Å². The van der Waals surface area contributed by atoms with Crippen molar-refractivity contribution in [2.45, 2.75) is 32.1 Å². The second-order valence-corrected chi connectivity index (χ2v) is 5.80. The first kappa shape index (κ1) is 17.2. The quantitative estimate of drug-likeness (QED) is 0.546. The SMILES string of the molecule is COCCOCCOc1cc(CCl)cc(C(C)(C)C)n1. The maximum Gasteiger partial charge on any atom is 0.213 e. The maximum absolute atomic E-state index is 5.92. The third-order valence-electron chi connectivity index (χ3n) is 2.69. The number of nitrogens with zero attached hydrogens (tertiary/aromatic N) is 1. The maximum atomic E-state index is 5.92. The van der Waals surface area contributed by atoms with Crippen LogP contribution >= 0.6 is 11.6 Å². The molecule has 0 fully saturated rings. The minimum atomic E-state index is -0.0326. The highest BCUT2D eigenvalue weighted by atomic mass is 35.5. The molecule has 1 heterocycles. The van der Waals surface area contributed by atoms with Gasteiger partial charge >= 0.3 is 0 Å². The third-order valence-corrected chi connectivity index (χ3v) is 3.00. The van der Waals surface area contributed by atoms with Crippen molar-refractivity contribution in [3.63, 3.8) is 0 Å². The van der Waals surface area contributed by atoms with Crippen molar-refractivity contribution in [2.75, 3.05) is 33.5 Å². The Morgan fingerprint density at radius 3 is 2.40 bits per heavy atom. The van der Waals surface area contributed by atoms with Gasteiger partial charge in [0, 0.05) is 24.5 Å². The molecule has 1 aromatic heterocycles. The standard InChI is InChI=1S/C15H24ClNO3/c1-15(2,3)13-9-12(11-16)10-14(17-13)20-8-7-19-6-5-18-4/h9-10H,5-8,11H2,1-4H3. The molecule has 114 valence electrons. The van der Waals surface area contributed by atoms with Crippen LogP contribution in [0.1, 0.15) is 32.0 Å². The molecule has 1 rings (SSSR count). The summed E-state index contributed by atoms with van der Waals surface area (Å²) in [5, 5.41) is 0. The van der Waals surface area contributed by atoms with Crippen LogP contribution in [0, 0.1) is 0 Å². The predicted octanol–water partition coefficient (Wildman–Crippen LogP) is 3.16. The molecule has 0 unspecified atom stereocenters. The lowest BCUT2D eigenvalue weighted by molar-refractivity contribution is 0.0536. The lowest BCUT2D eigenvalue weighted by Gasteiger charge is -2.19. The number of halogens is 1. The van der Waals surface area contributed by atoms with Gasteiger partial charge in [0.2, 0.25) is 5.88 Å². The molecular formula is C15H24ClNO3. The Balaban J connectivity index is 2.56. The average molecular weight is 302 g/mol. The number of ether oxygens (including phenoxy) is 3. The summed E-state index contributed by atoms with van der Waals surface area (Å²) in [6.07, 6.45) is 0. The number of alkyl halides is 1. The van der Waals surface area contributed by atoms with E-state index in [2.05, 4.69) is 25.8 Å². The summed E-state index contributed by atoms with van der Waals surface area (Å²) in [6.45, 7) is 8.49. The number of pyridine rings is 1. The van der Waals surface area contributed by atoms with Crippen molar-refractivity contribution in [1.29, 1.82) is 0 Å². The molecule has 20 heavy (non-hydrogen) atoms. The van der Waals surface area contributed by atoms with Crippen LogP contribution in [0.2, 0.25) is 0 Å². The highest BCUT2D eigenvalue weighted by Gasteiger charge is 2.17. The Bertz CT molecular complexity index is 405. The highest BCUT2D eigenvalue weighted by molar-refractivity contribution is 6.17. The van der Waals surface area contributed by atoms with E-state index >= 15 is 0 Å². The number of rotatable bonds is 8. The van der Waals surface area contributed by atoms with Crippen LogP contribution in [0.3, 0.4) is 0 Å². The van der Waals surface area contributed by atoms with Gasteiger partial charge < -0.3 is 14.2 Å². The molecule has 0 amide bonds. The van der Waals surface area contributed by atoms with Crippen LogP contribution in [0.4, 0.5) is 0 Å². The number of hydrogen-bond donors (Lipinski definition) is 0. The van der Waals surface area contributed by atoms with Gasteiger partial charge in [-0.2, -0.15) is 0 Å².